The second-order valence-corrected chi connectivity index (χ2v) is 10.7. The number of nitrogens with one attached hydrogen (secondary N) is 1. The van der Waals surface area contributed by atoms with Crippen LogP contribution in [0.2, 0.25) is 0 Å². The number of nitrogens with zero attached hydrogens (tertiary/aromatic N) is 1. The topological polar surface area (TPSA) is 79.6 Å². The van der Waals surface area contributed by atoms with Gasteiger partial charge in [-0.1, -0.05) is 48.5 Å². The fraction of sp³-hybridized carbons (Fsp3) is 0.346. The zero-order chi connectivity index (χ0) is 23.4. The first-order chi connectivity index (χ1) is 15.8. The van der Waals surface area contributed by atoms with Gasteiger partial charge < -0.3 is 9.73 Å². The zero-order valence-corrected chi connectivity index (χ0v) is 19.8. The molecule has 2 aromatic carbocycles. The van der Waals surface area contributed by atoms with Crippen LogP contribution in [-0.4, -0.2) is 38.9 Å². The third-order valence-corrected chi connectivity index (χ3v) is 8.14. The van der Waals surface area contributed by atoms with Gasteiger partial charge >= 0.3 is 0 Å². The molecule has 0 saturated carbocycles. The molecule has 0 aliphatic carbocycles. The standard InChI is InChI=1S/C26H30N2O4S/c1-19-8-6-7-11-25(19)33(30,31)18-23-12-13-24(32-23)26(29)27-16-21-14-15-28(17-21)20(2)22-9-4-3-5-10-22/h3-13,20-21H,14-18H2,1-2H3,(H,27,29)/t20-,21-/m0/s1. The summed E-state index contributed by atoms with van der Waals surface area (Å²) in [6, 6.07) is 20.7. The van der Waals surface area contributed by atoms with Crippen LogP contribution in [0.1, 0.15) is 46.8 Å². The second-order valence-electron chi connectivity index (χ2n) is 8.74. The van der Waals surface area contributed by atoms with Crippen molar-refractivity contribution in [3.63, 3.8) is 0 Å². The minimum Gasteiger partial charge on any atom is -0.455 e. The van der Waals surface area contributed by atoms with Gasteiger partial charge in [-0.3, -0.25) is 9.69 Å². The van der Waals surface area contributed by atoms with E-state index < -0.39 is 9.84 Å². The molecule has 174 valence electrons. The van der Waals surface area contributed by atoms with E-state index in [1.807, 2.05) is 6.07 Å². The van der Waals surface area contributed by atoms with Gasteiger partial charge in [0.1, 0.15) is 11.5 Å². The molecule has 4 rings (SSSR count). The van der Waals surface area contributed by atoms with Crippen molar-refractivity contribution in [3.8, 4) is 0 Å². The number of rotatable bonds is 8. The molecule has 1 saturated heterocycles. The Bertz CT molecular complexity index is 1200. The van der Waals surface area contributed by atoms with E-state index in [4.69, 9.17) is 4.42 Å². The lowest BCUT2D eigenvalue weighted by atomic mass is 10.1. The van der Waals surface area contributed by atoms with Crippen molar-refractivity contribution in [3.05, 3.63) is 89.4 Å². The Morgan fingerprint density at radius 2 is 1.82 bits per heavy atom. The number of amides is 1. The van der Waals surface area contributed by atoms with Crippen molar-refractivity contribution >= 4 is 15.7 Å². The molecular weight excluding hydrogens is 436 g/mol. The van der Waals surface area contributed by atoms with Gasteiger partial charge in [0.15, 0.2) is 15.6 Å². The van der Waals surface area contributed by atoms with Crippen LogP contribution < -0.4 is 5.32 Å². The molecule has 7 heteroatoms. The predicted octanol–water partition coefficient (Wildman–Crippen LogP) is 4.37. The first-order valence-corrected chi connectivity index (χ1v) is 12.9. The maximum absolute atomic E-state index is 12.7. The highest BCUT2D eigenvalue weighted by Crippen LogP contribution is 2.27. The number of carbonyl (C=O) groups is 1. The Hall–Kier alpha value is -2.90. The maximum Gasteiger partial charge on any atom is 0.287 e. The molecule has 1 fully saturated rings. The summed E-state index contributed by atoms with van der Waals surface area (Å²) in [5.74, 6) is 0.171. The molecule has 33 heavy (non-hydrogen) atoms. The van der Waals surface area contributed by atoms with Crippen molar-refractivity contribution in [2.24, 2.45) is 5.92 Å². The van der Waals surface area contributed by atoms with E-state index >= 15 is 0 Å². The summed E-state index contributed by atoms with van der Waals surface area (Å²) in [4.78, 5) is 15.3. The third kappa shape index (κ3) is 5.54. The molecule has 2 heterocycles. The van der Waals surface area contributed by atoms with E-state index in [1.54, 1.807) is 37.3 Å². The average Bonchev–Trinajstić information content (AvgIpc) is 3.47. The van der Waals surface area contributed by atoms with Crippen LogP contribution in [-0.2, 0) is 15.6 Å². The Morgan fingerprint density at radius 3 is 2.58 bits per heavy atom. The highest BCUT2D eigenvalue weighted by atomic mass is 32.2. The minimum atomic E-state index is -3.55. The van der Waals surface area contributed by atoms with Gasteiger partial charge in [0.25, 0.3) is 5.91 Å². The number of hydrogen-bond donors (Lipinski definition) is 1. The molecule has 0 unspecified atom stereocenters. The summed E-state index contributed by atoms with van der Waals surface area (Å²) in [5, 5.41) is 2.95. The molecule has 0 radical (unpaired) electrons. The first kappa shape index (κ1) is 23.3. The first-order valence-electron chi connectivity index (χ1n) is 11.3. The molecule has 3 aromatic rings. The van der Waals surface area contributed by atoms with Gasteiger partial charge in [-0.05, 0) is 62.1 Å². The van der Waals surface area contributed by atoms with Crippen molar-refractivity contribution in [2.75, 3.05) is 19.6 Å². The summed E-state index contributed by atoms with van der Waals surface area (Å²) in [7, 11) is -3.55. The smallest absolute Gasteiger partial charge is 0.287 e. The molecule has 1 N–H and O–H groups in total. The molecular formula is C26H30N2O4S. The van der Waals surface area contributed by atoms with E-state index in [1.165, 1.54) is 11.6 Å². The van der Waals surface area contributed by atoms with Gasteiger partial charge in [-0.15, -0.1) is 0 Å². The van der Waals surface area contributed by atoms with Crippen LogP contribution in [0.3, 0.4) is 0 Å². The number of furan rings is 1. The van der Waals surface area contributed by atoms with E-state index in [0.29, 0.717) is 24.1 Å². The number of likely N-dealkylation sites (tertiary alicyclic amines) is 1. The Labute approximate surface area is 195 Å². The molecule has 2 atom stereocenters. The summed E-state index contributed by atoms with van der Waals surface area (Å²) in [5.41, 5.74) is 1.99. The van der Waals surface area contributed by atoms with E-state index in [2.05, 4.69) is 41.4 Å². The Kier molecular flexibility index (Phi) is 7.00. The summed E-state index contributed by atoms with van der Waals surface area (Å²) in [6.45, 7) is 6.46. The highest BCUT2D eigenvalue weighted by Gasteiger charge is 2.27. The number of sulfone groups is 1. The number of carbonyl (C=O) groups excluding carboxylic acids is 1. The lowest BCUT2D eigenvalue weighted by Gasteiger charge is -2.24. The number of benzene rings is 2. The van der Waals surface area contributed by atoms with Gasteiger partial charge in [0, 0.05) is 19.1 Å². The van der Waals surface area contributed by atoms with Crippen LogP contribution in [0.15, 0.2) is 76.0 Å². The van der Waals surface area contributed by atoms with Gasteiger partial charge in [0.2, 0.25) is 0 Å². The molecule has 0 bridgehead atoms. The molecule has 1 aromatic heterocycles. The lowest BCUT2D eigenvalue weighted by molar-refractivity contribution is 0.0917. The zero-order valence-electron chi connectivity index (χ0n) is 19.0. The van der Waals surface area contributed by atoms with Crippen molar-refractivity contribution < 1.29 is 17.6 Å². The Balaban J connectivity index is 1.30. The molecule has 6 nitrogen and oxygen atoms in total. The van der Waals surface area contributed by atoms with Crippen molar-refractivity contribution in [1.82, 2.24) is 10.2 Å². The number of aryl methyl sites for hydroxylation is 1. The summed E-state index contributed by atoms with van der Waals surface area (Å²) >= 11 is 0. The predicted molar refractivity (Wildman–Crippen MR) is 128 cm³/mol. The fourth-order valence-corrected chi connectivity index (χ4v) is 5.93. The third-order valence-electron chi connectivity index (χ3n) is 6.34. The largest absolute Gasteiger partial charge is 0.455 e. The van der Waals surface area contributed by atoms with Gasteiger partial charge in [0.05, 0.1) is 4.90 Å². The van der Waals surface area contributed by atoms with Crippen molar-refractivity contribution in [1.29, 1.82) is 0 Å². The lowest BCUT2D eigenvalue weighted by Crippen LogP contribution is -2.31. The highest BCUT2D eigenvalue weighted by molar-refractivity contribution is 7.90. The fourth-order valence-electron chi connectivity index (χ4n) is 4.40. The SMILES string of the molecule is Cc1ccccc1S(=O)(=O)Cc1ccc(C(=O)NC[C@@H]2CCN([C@@H](C)c3ccccc3)C2)o1. The van der Waals surface area contributed by atoms with E-state index in [-0.39, 0.29) is 28.1 Å². The van der Waals surface area contributed by atoms with Crippen LogP contribution in [0.4, 0.5) is 0 Å². The van der Waals surface area contributed by atoms with Gasteiger partial charge in [-0.2, -0.15) is 0 Å². The monoisotopic (exact) mass is 466 g/mol. The van der Waals surface area contributed by atoms with E-state index in [9.17, 15) is 13.2 Å². The maximum atomic E-state index is 12.7. The molecule has 1 aliphatic heterocycles. The quantitative estimate of drug-likeness (QED) is 0.533. The minimum absolute atomic E-state index is 0.137. The molecule has 1 aliphatic rings. The van der Waals surface area contributed by atoms with Crippen LogP contribution in [0, 0.1) is 12.8 Å². The summed E-state index contributed by atoms with van der Waals surface area (Å²) in [6.07, 6.45) is 1.02. The number of hydrogen-bond acceptors (Lipinski definition) is 5. The molecule has 1 amide bonds. The van der Waals surface area contributed by atoms with Crippen LogP contribution in [0.25, 0.3) is 0 Å². The van der Waals surface area contributed by atoms with Crippen molar-refractivity contribution in [2.45, 2.75) is 37.0 Å². The van der Waals surface area contributed by atoms with Gasteiger partial charge in [-0.25, -0.2) is 8.42 Å². The average molecular weight is 467 g/mol. The second kappa shape index (κ2) is 9.93. The molecule has 0 spiro atoms. The Morgan fingerprint density at radius 1 is 1.09 bits per heavy atom. The van der Waals surface area contributed by atoms with Crippen LogP contribution >= 0.6 is 0 Å². The van der Waals surface area contributed by atoms with E-state index in [0.717, 1.165) is 19.5 Å². The van der Waals surface area contributed by atoms with Crippen LogP contribution in [0.5, 0.6) is 0 Å². The normalized spacial score (nSPS) is 17.7. The summed E-state index contributed by atoms with van der Waals surface area (Å²) < 4.78 is 31.0.